The molecular formula is C12H18N2O2. The number of urea groups is 1. The van der Waals surface area contributed by atoms with Crippen molar-refractivity contribution in [1.82, 2.24) is 10.2 Å². The minimum absolute atomic E-state index is 0.176. The number of benzene rings is 1. The number of rotatable bonds is 4. The van der Waals surface area contributed by atoms with Crippen molar-refractivity contribution in [2.75, 3.05) is 13.6 Å². The van der Waals surface area contributed by atoms with Gasteiger partial charge in [0, 0.05) is 20.1 Å². The van der Waals surface area contributed by atoms with E-state index in [0.29, 0.717) is 13.1 Å². The van der Waals surface area contributed by atoms with Crippen LogP contribution in [0.2, 0.25) is 0 Å². The molecule has 0 aliphatic carbocycles. The summed E-state index contributed by atoms with van der Waals surface area (Å²) in [5.74, 6) is 0. The van der Waals surface area contributed by atoms with Gasteiger partial charge in [-0.05, 0) is 12.5 Å². The van der Waals surface area contributed by atoms with Crippen molar-refractivity contribution in [2.24, 2.45) is 0 Å². The molecule has 1 unspecified atom stereocenters. The highest BCUT2D eigenvalue weighted by Gasteiger charge is 2.09. The first-order valence-corrected chi connectivity index (χ1v) is 5.30. The highest BCUT2D eigenvalue weighted by Crippen LogP contribution is 1.98. The number of aliphatic hydroxyl groups is 1. The molecule has 0 spiro atoms. The Hall–Kier alpha value is -1.55. The minimum Gasteiger partial charge on any atom is -0.392 e. The second-order valence-corrected chi connectivity index (χ2v) is 3.87. The van der Waals surface area contributed by atoms with Gasteiger partial charge in [-0.2, -0.15) is 0 Å². The molecule has 0 aliphatic heterocycles. The molecule has 4 heteroatoms. The Kier molecular flexibility index (Phi) is 4.79. The number of hydrogen-bond donors (Lipinski definition) is 2. The van der Waals surface area contributed by atoms with Gasteiger partial charge in [0.05, 0.1) is 6.10 Å². The Bertz CT molecular complexity index is 325. The molecule has 0 aromatic heterocycles. The lowest BCUT2D eigenvalue weighted by Gasteiger charge is -2.19. The summed E-state index contributed by atoms with van der Waals surface area (Å²) >= 11 is 0. The Balaban J connectivity index is 2.35. The molecule has 0 radical (unpaired) electrons. The van der Waals surface area contributed by atoms with Gasteiger partial charge < -0.3 is 15.3 Å². The molecule has 0 bridgehead atoms. The van der Waals surface area contributed by atoms with E-state index in [2.05, 4.69) is 5.32 Å². The van der Waals surface area contributed by atoms with E-state index < -0.39 is 6.10 Å². The third-order valence-corrected chi connectivity index (χ3v) is 2.17. The van der Waals surface area contributed by atoms with Crippen LogP contribution >= 0.6 is 0 Å². The molecule has 2 amide bonds. The van der Waals surface area contributed by atoms with Gasteiger partial charge in [-0.3, -0.25) is 0 Å². The van der Waals surface area contributed by atoms with Gasteiger partial charge in [-0.25, -0.2) is 4.79 Å². The summed E-state index contributed by atoms with van der Waals surface area (Å²) < 4.78 is 0. The first kappa shape index (κ1) is 12.5. The number of carbonyl (C=O) groups is 1. The third kappa shape index (κ3) is 4.31. The molecular weight excluding hydrogens is 204 g/mol. The fourth-order valence-electron chi connectivity index (χ4n) is 1.39. The zero-order valence-corrected chi connectivity index (χ0v) is 9.68. The third-order valence-electron chi connectivity index (χ3n) is 2.17. The maximum atomic E-state index is 11.6. The molecule has 0 heterocycles. The van der Waals surface area contributed by atoms with Gasteiger partial charge in [-0.15, -0.1) is 0 Å². The average molecular weight is 222 g/mol. The maximum absolute atomic E-state index is 11.6. The lowest BCUT2D eigenvalue weighted by molar-refractivity contribution is 0.143. The number of amides is 2. The van der Waals surface area contributed by atoms with Gasteiger partial charge >= 0.3 is 6.03 Å². The molecule has 1 aromatic rings. The SMILES string of the molecule is CC(O)CN(C)C(=O)NCc1ccccc1. The van der Waals surface area contributed by atoms with Crippen molar-refractivity contribution in [3.8, 4) is 0 Å². The molecule has 16 heavy (non-hydrogen) atoms. The van der Waals surface area contributed by atoms with E-state index >= 15 is 0 Å². The normalized spacial score (nSPS) is 11.9. The number of nitrogens with one attached hydrogen (secondary N) is 1. The van der Waals surface area contributed by atoms with Crippen LogP contribution in [0.3, 0.4) is 0 Å². The fourth-order valence-corrected chi connectivity index (χ4v) is 1.39. The van der Waals surface area contributed by atoms with Crippen LogP contribution in [-0.2, 0) is 6.54 Å². The van der Waals surface area contributed by atoms with E-state index in [0.717, 1.165) is 5.56 Å². The molecule has 0 fully saturated rings. The van der Waals surface area contributed by atoms with Crippen molar-refractivity contribution in [1.29, 1.82) is 0 Å². The Morgan fingerprint density at radius 1 is 1.44 bits per heavy atom. The first-order chi connectivity index (χ1) is 7.59. The van der Waals surface area contributed by atoms with Crippen molar-refractivity contribution >= 4 is 6.03 Å². The van der Waals surface area contributed by atoms with Crippen molar-refractivity contribution in [3.63, 3.8) is 0 Å². The lowest BCUT2D eigenvalue weighted by atomic mass is 10.2. The van der Waals surface area contributed by atoms with E-state index in [1.54, 1.807) is 14.0 Å². The molecule has 1 aromatic carbocycles. The predicted molar refractivity (Wildman–Crippen MR) is 63.0 cm³/mol. The van der Waals surface area contributed by atoms with E-state index in [1.807, 2.05) is 30.3 Å². The topological polar surface area (TPSA) is 52.6 Å². The molecule has 88 valence electrons. The summed E-state index contributed by atoms with van der Waals surface area (Å²) in [6.07, 6.45) is -0.507. The lowest BCUT2D eigenvalue weighted by Crippen LogP contribution is -2.40. The largest absolute Gasteiger partial charge is 0.392 e. The van der Waals surface area contributed by atoms with E-state index in [9.17, 15) is 4.79 Å². The number of carbonyl (C=O) groups excluding carboxylic acids is 1. The number of aliphatic hydroxyl groups excluding tert-OH is 1. The van der Waals surface area contributed by atoms with Crippen LogP contribution in [0.25, 0.3) is 0 Å². The fraction of sp³-hybridized carbons (Fsp3) is 0.417. The molecule has 1 atom stereocenters. The number of nitrogens with zero attached hydrogens (tertiary/aromatic N) is 1. The second kappa shape index (κ2) is 6.12. The molecule has 2 N–H and O–H groups in total. The Morgan fingerprint density at radius 2 is 2.06 bits per heavy atom. The van der Waals surface area contributed by atoms with E-state index in [1.165, 1.54) is 4.90 Å². The number of likely N-dealkylation sites (N-methyl/N-ethyl adjacent to an activating group) is 1. The van der Waals surface area contributed by atoms with Crippen LogP contribution in [0, 0.1) is 0 Å². The van der Waals surface area contributed by atoms with Crippen molar-refractivity contribution in [3.05, 3.63) is 35.9 Å². The van der Waals surface area contributed by atoms with Gasteiger partial charge in [-0.1, -0.05) is 30.3 Å². The summed E-state index contributed by atoms with van der Waals surface area (Å²) in [5, 5.41) is 11.9. The quantitative estimate of drug-likeness (QED) is 0.804. The highest BCUT2D eigenvalue weighted by molar-refractivity contribution is 5.73. The van der Waals surface area contributed by atoms with Gasteiger partial charge in [0.2, 0.25) is 0 Å². The zero-order valence-electron chi connectivity index (χ0n) is 9.68. The van der Waals surface area contributed by atoms with Gasteiger partial charge in [0.1, 0.15) is 0 Å². The zero-order chi connectivity index (χ0) is 12.0. The van der Waals surface area contributed by atoms with Crippen molar-refractivity contribution < 1.29 is 9.90 Å². The standard InChI is InChI=1S/C12H18N2O2/c1-10(15)9-14(2)12(16)13-8-11-6-4-3-5-7-11/h3-7,10,15H,8-9H2,1-2H3,(H,13,16). The Morgan fingerprint density at radius 3 is 2.62 bits per heavy atom. The van der Waals surface area contributed by atoms with Crippen LogP contribution < -0.4 is 5.32 Å². The Labute approximate surface area is 95.9 Å². The first-order valence-electron chi connectivity index (χ1n) is 5.30. The van der Waals surface area contributed by atoms with Gasteiger partial charge in [0.25, 0.3) is 0 Å². The summed E-state index contributed by atoms with van der Waals surface area (Å²) in [5.41, 5.74) is 1.06. The van der Waals surface area contributed by atoms with Crippen LogP contribution in [0.4, 0.5) is 4.79 Å². The molecule has 1 rings (SSSR count). The second-order valence-electron chi connectivity index (χ2n) is 3.87. The minimum atomic E-state index is -0.507. The molecule has 4 nitrogen and oxygen atoms in total. The van der Waals surface area contributed by atoms with E-state index in [4.69, 9.17) is 5.11 Å². The predicted octanol–water partition coefficient (Wildman–Crippen LogP) is 1.21. The average Bonchev–Trinajstić information content (AvgIpc) is 2.26. The highest BCUT2D eigenvalue weighted by atomic mass is 16.3. The van der Waals surface area contributed by atoms with Crippen LogP contribution in [-0.4, -0.2) is 35.7 Å². The van der Waals surface area contributed by atoms with Crippen LogP contribution in [0.5, 0.6) is 0 Å². The van der Waals surface area contributed by atoms with E-state index in [-0.39, 0.29) is 6.03 Å². The summed E-state index contributed by atoms with van der Waals surface area (Å²) in [6, 6.07) is 9.53. The maximum Gasteiger partial charge on any atom is 0.317 e. The van der Waals surface area contributed by atoms with Crippen LogP contribution in [0.15, 0.2) is 30.3 Å². The summed E-state index contributed by atoms with van der Waals surface area (Å²) in [4.78, 5) is 13.0. The monoisotopic (exact) mass is 222 g/mol. The molecule has 0 saturated carbocycles. The summed E-state index contributed by atoms with van der Waals surface area (Å²) in [7, 11) is 1.66. The molecule has 0 saturated heterocycles. The van der Waals surface area contributed by atoms with Gasteiger partial charge in [0.15, 0.2) is 0 Å². The number of hydrogen-bond acceptors (Lipinski definition) is 2. The van der Waals surface area contributed by atoms with Crippen LogP contribution in [0.1, 0.15) is 12.5 Å². The smallest absolute Gasteiger partial charge is 0.317 e. The van der Waals surface area contributed by atoms with Crippen molar-refractivity contribution in [2.45, 2.75) is 19.6 Å². The molecule has 0 aliphatic rings. The summed E-state index contributed by atoms with van der Waals surface area (Å²) in [6.45, 7) is 2.49.